The molecule has 2 aromatic heterocycles. The van der Waals surface area contributed by atoms with Gasteiger partial charge in [0.05, 0.1) is 29.3 Å². The summed E-state index contributed by atoms with van der Waals surface area (Å²) in [6.07, 6.45) is 5.23. The van der Waals surface area contributed by atoms with E-state index in [1.807, 2.05) is 37.3 Å². The second-order valence-electron chi connectivity index (χ2n) is 8.35. The number of nitrogens with one attached hydrogen (secondary N) is 2. The molecule has 3 aromatic rings. The summed E-state index contributed by atoms with van der Waals surface area (Å²) >= 11 is 1.40. The van der Waals surface area contributed by atoms with Gasteiger partial charge in [-0.15, -0.1) is 11.3 Å². The summed E-state index contributed by atoms with van der Waals surface area (Å²) in [5, 5.41) is 5.93. The first kappa shape index (κ1) is 23.2. The summed E-state index contributed by atoms with van der Waals surface area (Å²) < 4.78 is 11.0. The average Bonchev–Trinajstić information content (AvgIpc) is 3.55. The van der Waals surface area contributed by atoms with E-state index in [0.717, 1.165) is 23.3 Å². The first-order chi connectivity index (χ1) is 16.0. The maximum absolute atomic E-state index is 12.6. The molecule has 1 aliphatic rings. The highest BCUT2D eigenvalue weighted by atomic mass is 32.1. The number of rotatable bonds is 9. The van der Waals surface area contributed by atoms with Gasteiger partial charge in [0.2, 0.25) is 11.8 Å². The Bertz CT molecular complexity index is 1110. The van der Waals surface area contributed by atoms with E-state index in [-0.39, 0.29) is 18.4 Å². The van der Waals surface area contributed by atoms with Crippen molar-refractivity contribution in [2.24, 2.45) is 5.92 Å². The second-order valence-corrected chi connectivity index (χ2v) is 9.52. The number of oxazole rings is 1. The van der Waals surface area contributed by atoms with E-state index in [1.54, 1.807) is 13.2 Å². The van der Waals surface area contributed by atoms with E-state index in [2.05, 4.69) is 15.6 Å². The third kappa shape index (κ3) is 5.89. The number of ether oxygens (including phenoxy) is 1. The number of amides is 2. The Balaban J connectivity index is 1.42. The lowest BCUT2D eigenvalue weighted by molar-refractivity contribution is -0.117. The lowest BCUT2D eigenvalue weighted by Gasteiger charge is -2.11. The standard InChI is InChI=1S/C25H29N3O4S/c1-16-21(14-26-24(30)22-12-11-18(33-22)15-31-2)28-25(32-16)19-9-5-6-10-20(19)27-23(29)13-17-7-3-4-8-17/h5-6,9-12,17H,3-4,7-8,13-15H2,1-2H3,(H,26,30)(H,27,29). The molecule has 0 bridgehead atoms. The van der Waals surface area contributed by atoms with Crippen LogP contribution in [0.1, 0.15) is 58.1 Å². The van der Waals surface area contributed by atoms with E-state index in [9.17, 15) is 9.59 Å². The molecule has 1 aliphatic carbocycles. The zero-order valence-corrected chi connectivity index (χ0v) is 19.8. The minimum Gasteiger partial charge on any atom is -0.441 e. The van der Waals surface area contributed by atoms with Crippen LogP contribution in [0.2, 0.25) is 0 Å². The Morgan fingerprint density at radius 3 is 2.76 bits per heavy atom. The van der Waals surface area contributed by atoms with Crippen LogP contribution >= 0.6 is 11.3 Å². The van der Waals surface area contributed by atoms with Crippen LogP contribution in [0, 0.1) is 12.8 Å². The predicted octanol–water partition coefficient (Wildman–Crippen LogP) is 5.31. The van der Waals surface area contributed by atoms with Crippen molar-refractivity contribution in [3.63, 3.8) is 0 Å². The highest BCUT2D eigenvalue weighted by Gasteiger charge is 2.20. The number of hydrogen-bond donors (Lipinski definition) is 2. The number of hydrogen-bond acceptors (Lipinski definition) is 6. The third-order valence-electron chi connectivity index (χ3n) is 5.86. The summed E-state index contributed by atoms with van der Waals surface area (Å²) in [4.78, 5) is 31.3. The number of aromatic nitrogens is 1. The first-order valence-corrected chi connectivity index (χ1v) is 12.1. The molecule has 174 valence electrons. The van der Waals surface area contributed by atoms with Crippen LogP contribution < -0.4 is 10.6 Å². The SMILES string of the molecule is COCc1ccc(C(=O)NCc2nc(-c3ccccc3NC(=O)CC3CCCC3)oc2C)s1. The molecule has 2 N–H and O–H groups in total. The number of nitrogens with zero attached hydrogens (tertiary/aromatic N) is 1. The van der Waals surface area contributed by atoms with Crippen molar-refractivity contribution in [1.29, 1.82) is 0 Å². The van der Waals surface area contributed by atoms with E-state index >= 15 is 0 Å². The maximum Gasteiger partial charge on any atom is 0.261 e. The summed E-state index contributed by atoms with van der Waals surface area (Å²) in [6.45, 7) is 2.56. The Labute approximate surface area is 197 Å². The van der Waals surface area contributed by atoms with Gasteiger partial charge in [-0.2, -0.15) is 0 Å². The highest BCUT2D eigenvalue weighted by Crippen LogP contribution is 2.31. The van der Waals surface area contributed by atoms with Crippen molar-refractivity contribution < 1.29 is 18.7 Å². The minimum atomic E-state index is -0.161. The molecule has 0 unspecified atom stereocenters. The summed E-state index contributed by atoms with van der Waals surface area (Å²) in [5.74, 6) is 1.39. The number of anilines is 1. The molecular weight excluding hydrogens is 438 g/mol. The molecule has 33 heavy (non-hydrogen) atoms. The number of methoxy groups -OCH3 is 1. The van der Waals surface area contributed by atoms with Crippen LogP contribution in [0.3, 0.4) is 0 Å². The zero-order chi connectivity index (χ0) is 23.2. The molecule has 7 nitrogen and oxygen atoms in total. The third-order valence-corrected chi connectivity index (χ3v) is 6.92. The fourth-order valence-corrected chi connectivity index (χ4v) is 5.03. The molecule has 4 rings (SSSR count). The highest BCUT2D eigenvalue weighted by molar-refractivity contribution is 7.14. The molecule has 0 saturated heterocycles. The molecule has 2 heterocycles. The first-order valence-electron chi connectivity index (χ1n) is 11.2. The van der Waals surface area contributed by atoms with E-state index < -0.39 is 0 Å². The molecule has 0 radical (unpaired) electrons. The van der Waals surface area contributed by atoms with Gasteiger partial charge in [-0.05, 0) is 49.9 Å². The molecule has 1 fully saturated rings. The van der Waals surface area contributed by atoms with Gasteiger partial charge < -0.3 is 19.8 Å². The van der Waals surface area contributed by atoms with E-state index in [1.165, 1.54) is 24.2 Å². The van der Waals surface area contributed by atoms with Crippen LogP contribution in [0.15, 0.2) is 40.8 Å². The van der Waals surface area contributed by atoms with Gasteiger partial charge in [0.1, 0.15) is 11.5 Å². The summed E-state index contributed by atoms with van der Waals surface area (Å²) in [5.41, 5.74) is 2.06. The zero-order valence-electron chi connectivity index (χ0n) is 19.0. The van der Waals surface area contributed by atoms with E-state index in [4.69, 9.17) is 9.15 Å². The molecular formula is C25H29N3O4S. The van der Waals surface area contributed by atoms with Gasteiger partial charge in [-0.1, -0.05) is 25.0 Å². The molecule has 1 saturated carbocycles. The smallest absolute Gasteiger partial charge is 0.261 e. The van der Waals surface area contributed by atoms with Crippen LogP contribution in [-0.4, -0.2) is 23.9 Å². The van der Waals surface area contributed by atoms with Crippen LogP contribution in [0.25, 0.3) is 11.5 Å². The fourth-order valence-electron chi connectivity index (χ4n) is 4.13. The number of carbonyl (C=O) groups excluding carboxylic acids is 2. The summed E-state index contributed by atoms with van der Waals surface area (Å²) in [6, 6.07) is 11.2. The average molecular weight is 468 g/mol. The quantitative estimate of drug-likeness (QED) is 0.445. The molecule has 2 amide bonds. The van der Waals surface area contributed by atoms with Crippen molar-refractivity contribution in [2.45, 2.75) is 52.2 Å². The molecule has 1 aromatic carbocycles. The fraction of sp³-hybridized carbons (Fsp3) is 0.400. The summed E-state index contributed by atoms with van der Waals surface area (Å²) in [7, 11) is 1.63. The van der Waals surface area contributed by atoms with Crippen LogP contribution in [-0.2, 0) is 22.7 Å². The molecule has 8 heteroatoms. The second kappa shape index (κ2) is 10.8. The van der Waals surface area contributed by atoms with Gasteiger partial charge in [-0.25, -0.2) is 4.98 Å². The number of aryl methyl sites for hydroxylation is 1. The number of benzene rings is 1. The predicted molar refractivity (Wildman–Crippen MR) is 128 cm³/mol. The lowest BCUT2D eigenvalue weighted by Crippen LogP contribution is -2.22. The van der Waals surface area contributed by atoms with E-state index in [0.29, 0.717) is 46.9 Å². The van der Waals surface area contributed by atoms with Crippen LogP contribution in [0.5, 0.6) is 0 Å². The van der Waals surface area contributed by atoms with Gasteiger partial charge in [0.25, 0.3) is 5.91 Å². The van der Waals surface area contributed by atoms with Crippen molar-refractivity contribution in [1.82, 2.24) is 10.3 Å². The largest absolute Gasteiger partial charge is 0.441 e. The van der Waals surface area contributed by atoms with Gasteiger partial charge in [-0.3, -0.25) is 9.59 Å². The van der Waals surface area contributed by atoms with Crippen molar-refractivity contribution in [2.75, 3.05) is 12.4 Å². The minimum absolute atomic E-state index is 0.0221. The van der Waals surface area contributed by atoms with Gasteiger partial charge >= 0.3 is 0 Å². The van der Waals surface area contributed by atoms with Crippen molar-refractivity contribution in [3.05, 3.63) is 57.6 Å². The van der Waals surface area contributed by atoms with Crippen LogP contribution in [0.4, 0.5) is 5.69 Å². The van der Waals surface area contributed by atoms with Crippen molar-refractivity contribution >= 4 is 28.8 Å². The van der Waals surface area contributed by atoms with Crippen molar-refractivity contribution in [3.8, 4) is 11.5 Å². The normalized spacial score (nSPS) is 13.9. The molecule has 0 spiro atoms. The number of para-hydroxylation sites is 1. The topological polar surface area (TPSA) is 93.5 Å². The Hall–Kier alpha value is -2.97. The Morgan fingerprint density at radius 1 is 1.18 bits per heavy atom. The van der Waals surface area contributed by atoms with Gasteiger partial charge in [0.15, 0.2) is 0 Å². The molecule has 0 atom stereocenters. The molecule has 0 aliphatic heterocycles. The monoisotopic (exact) mass is 467 g/mol. The number of thiophene rings is 1. The number of carbonyl (C=O) groups is 2. The van der Waals surface area contributed by atoms with Gasteiger partial charge in [0, 0.05) is 18.4 Å². The Morgan fingerprint density at radius 2 is 1.97 bits per heavy atom. The Kier molecular flexibility index (Phi) is 7.57. The lowest BCUT2D eigenvalue weighted by atomic mass is 10.0. The maximum atomic E-state index is 12.6.